The van der Waals surface area contributed by atoms with Crippen LogP contribution in [0.4, 0.5) is 0 Å². The van der Waals surface area contributed by atoms with E-state index >= 15 is 0 Å². The van der Waals surface area contributed by atoms with Crippen molar-refractivity contribution < 1.29 is 299 Å². The maximum Gasteiger partial charge on any atom is 4.00 e. The van der Waals surface area contributed by atoms with E-state index < -0.39 is 121 Å². The number of rotatable bonds is 2. The Kier molecular flexibility index (Phi) is 315. The smallest absolute Gasteiger partial charge is 3.00 e. The first-order chi connectivity index (χ1) is 34.3. The number of nitro groups is 2. The molecule has 0 atom stereocenters. The number of nitrogens with zero attached hydrogens (tertiary/aromatic N) is 16. The summed E-state index contributed by atoms with van der Waals surface area (Å²) in [5, 5.41) is 261. The molecular weight excluding hydrogens is 2060 g/mol. The van der Waals surface area contributed by atoms with Crippen LogP contribution in [0.2, 0.25) is 0 Å². The molecule has 0 fully saturated rings. The van der Waals surface area contributed by atoms with Crippen molar-refractivity contribution in [3.05, 3.63) is 235 Å². The number of carboxylic acids is 4. The number of carboxylic acid groups (broad SMARTS) is 4. The van der Waals surface area contributed by atoms with E-state index in [1.54, 1.807) is 0 Å². The Morgan fingerprint density at radius 3 is 0.233 bits per heavy atom. The molecule has 72 nitrogen and oxygen atoms in total. The Bertz CT molecular complexity index is 1190. The van der Waals surface area contributed by atoms with Crippen molar-refractivity contribution in [2.45, 2.75) is 27.7 Å². The molecule has 494 valence electrons. The van der Waals surface area contributed by atoms with Gasteiger partial charge in [0.15, 0.2) is 0 Å². The van der Waals surface area contributed by atoms with E-state index in [0.29, 0.717) is 0 Å². The van der Waals surface area contributed by atoms with Crippen molar-refractivity contribution in [1.82, 2.24) is 12.3 Å². The first-order valence-electron chi connectivity index (χ1n) is 12.3. The fraction of sp³-hybridized carbons (Fsp3) is 0.500. The van der Waals surface area contributed by atoms with Crippen LogP contribution in [-0.2, 0) is 57.7 Å². The SMILES string of the molecule is CC(=O)[O-].CC(=O)[O-].CC(=O)[O-].CC(=O)[O-].N.N.O=[N+]([O-])[O-].O=[N+]([O-])[O-].O=[N+]([O-])[O-].O=[N+]([O-])[O-].O=[N+]([O-])[O-].O=[N+]([O-])[O-].O=[N+]([O-])[O-].O=[N+]([O-])[O-].O=[N+]([O-])[O-].O=[N+]([O-])[O-].O=[N+]([O-])[O-].O=[N+]([O-])[O-].O=[N+]([O-])[O-].O=[N+]([O-])[O-].O=[N+]([O-])[Pt+2][N+](=O)[O-].[La+3].[La+3].[La+3].[La+3].[Ru+4]. The van der Waals surface area contributed by atoms with E-state index in [0.717, 1.165) is 27.7 Å². The van der Waals surface area contributed by atoms with Crippen molar-refractivity contribution in [2.75, 3.05) is 0 Å². The average Bonchev–Trinajstić information content (AvgIpc) is 2.99. The number of hydrogen-bond acceptors (Lipinski definition) is 56. The van der Waals surface area contributed by atoms with Gasteiger partial charge < -0.3 is 266 Å². The van der Waals surface area contributed by atoms with Gasteiger partial charge in [0.1, 0.15) is 0 Å². The van der Waals surface area contributed by atoms with Crippen molar-refractivity contribution >= 4 is 23.9 Å². The Morgan fingerprint density at radius 1 is 0.209 bits per heavy atom. The number of carbonyl (C=O) groups excluding carboxylic acids is 4. The van der Waals surface area contributed by atoms with Gasteiger partial charge in [-0.1, -0.05) is 0 Å². The van der Waals surface area contributed by atoms with E-state index in [1.165, 1.54) is 0 Å². The van der Waals surface area contributed by atoms with Gasteiger partial charge in [-0.25, -0.2) is 0 Å². The molecule has 0 aliphatic rings. The van der Waals surface area contributed by atoms with Gasteiger partial charge in [-0.2, -0.15) is 0 Å². The van der Waals surface area contributed by atoms with Crippen LogP contribution in [0.3, 0.4) is 0 Å². The third kappa shape index (κ3) is 20600. The van der Waals surface area contributed by atoms with Crippen LogP contribution in [0.15, 0.2) is 0 Å². The second-order valence-corrected chi connectivity index (χ2v) is 7.65. The van der Waals surface area contributed by atoms with E-state index in [4.69, 9.17) is 254 Å². The standard InChI is InChI=1S/4C2H4O2.4La.14NO3.2NO2.2H3N.Pt.Ru/c4*1-2(3)4;;;;;14*2-1(3)4;2*2-1-3;;;;/h4*1H3,(H,3,4);;;;;;;;;;;;;;;;;;;;;2*1H3;;/q;;;;4*+3;14*-1;;;;;+2;+4/p-4. The normalized spacial score (nSPS) is 5.77. The van der Waals surface area contributed by atoms with Crippen molar-refractivity contribution in [3.63, 3.8) is 0 Å². The molecule has 0 saturated heterocycles. The molecule has 86 heavy (non-hydrogen) atoms. The Hall–Kier alpha value is -8.51. The predicted octanol–water partition coefficient (Wildman–Crippen LogP) is -8.55. The second kappa shape index (κ2) is 158. The summed E-state index contributed by atoms with van der Waals surface area (Å²) in [7, 11) is 0. The van der Waals surface area contributed by atoms with Crippen molar-refractivity contribution in [3.8, 4) is 0 Å². The summed E-state index contributed by atoms with van der Waals surface area (Å²) in [4.78, 5) is 170. The Balaban J connectivity index is -0.0000000184. The van der Waals surface area contributed by atoms with Gasteiger partial charge in [0.2, 0.25) is 0 Å². The fourth-order valence-electron chi connectivity index (χ4n) is 0.0422. The molecule has 0 unspecified atom stereocenters. The minimum Gasteiger partial charge on any atom is 3.00 e. The third-order valence-corrected chi connectivity index (χ3v) is 0.845. The molecule has 0 saturated carbocycles. The molecule has 0 radical (unpaired) electrons. The average molecular weight is 2080 g/mol. The minimum atomic E-state index is -2.06. The van der Waals surface area contributed by atoms with Gasteiger partial charge in [0, 0.05) is 23.9 Å². The second-order valence-electron chi connectivity index (χ2n) is 5.54. The van der Waals surface area contributed by atoms with Gasteiger partial charge >= 0.3 is 208 Å². The third-order valence-electron chi connectivity index (χ3n) is 0.103. The summed E-state index contributed by atoms with van der Waals surface area (Å²) in [6, 6.07) is 0. The maximum atomic E-state index is 9.22. The zero-order valence-electron chi connectivity index (χ0n) is 39.6. The first-order valence-corrected chi connectivity index (χ1v) is 14.3. The van der Waals surface area contributed by atoms with Gasteiger partial charge in [0.05, 0.1) is 71.2 Å². The molecule has 0 heterocycles. The van der Waals surface area contributed by atoms with Gasteiger partial charge in [-0.05, 0) is 27.7 Å². The number of hydrogen-bond donors (Lipinski definition) is 2. The van der Waals surface area contributed by atoms with Crippen LogP contribution in [0.5, 0.6) is 0 Å². The maximum absolute atomic E-state index is 9.22. The van der Waals surface area contributed by atoms with Gasteiger partial charge in [-0.15, -0.1) is 0 Å². The predicted molar refractivity (Wildman–Crippen MR) is 212 cm³/mol. The zero-order valence-corrected chi connectivity index (χ0v) is 58.1. The minimum absolute atomic E-state index is 0. The van der Waals surface area contributed by atoms with E-state index in [2.05, 4.69) is 0 Å². The molecule has 0 aliphatic carbocycles. The first kappa shape index (κ1) is 171. The van der Waals surface area contributed by atoms with Crippen LogP contribution >= 0.6 is 0 Å². The molecule has 78 heteroatoms. The van der Waals surface area contributed by atoms with E-state index in [9.17, 15) is 20.2 Å². The van der Waals surface area contributed by atoms with Crippen LogP contribution in [0, 0.1) is 377 Å². The zero-order chi connectivity index (χ0) is 70.3. The molecule has 0 bridgehead atoms. The summed E-state index contributed by atoms with van der Waals surface area (Å²) in [5.41, 5.74) is 0. The molecule has 0 aliphatic heterocycles. The Labute approximate surface area is 591 Å². The molecular formula is C8H18La4N18O54PtRu. The van der Waals surface area contributed by atoms with Gasteiger partial charge in [-0.3, -0.25) is 0 Å². The molecule has 0 rings (SSSR count). The number of aliphatic carboxylic acids is 4. The van der Waals surface area contributed by atoms with Crippen LogP contribution in [0.1, 0.15) is 27.7 Å². The number of carbonyl (C=O) groups is 4. The van der Waals surface area contributed by atoms with Crippen molar-refractivity contribution in [1.29, 1.82) is 0 Å². The fourth-order valence-corrected chi connectivity index (χ4v) is 0.345. The largest absolute Gasteiger partial charge is 4.00 e. The monoisotopic (exact) mass is 2080 g/mol. The molecule has 0 aromatic rings. The summed E-state index contributed by atoms with van der Waals surface area (Å²) in [5.74, 6) is -4.33. The summed E-state index contributed by atoms with van der Waals surface area (Å²) in [6.45, 7) is 3.89. The summed E-state index contributed by atoms with van der Waals surface area (Å²) < 4.78 is -1.78. The van der Waals surface area contributed by atoms with Crippen LogP contribution in [0.25, 0.3) is 0 Å². The van der Waals surface area contributed by atoms with Crippen LogP contribution < -0.4 is 32.7 Å². The summed E-state index contributed by atoms with van der Waals surface area (Å²) >= 11 is -2.06. The Morgan fingerprint density at radius 2 is 0.233 bits per heavy atom. The van der Waals surface area contributed by atoms with Gasteiger partial charge in [0.25, 0.3) is 0 Å². The molecule has 0 spiro atoms. The molecule has 0 amide bonds. The summed E-state index contributed by atoms with van der Waals surface area (Å²) in [6.07, 6.45) is 0. The van der Waals surface area contributed by atoms with E-state index in [-0.39, 0.29) is 174 Å². The van der Waals surface area contributed by atoms with Crippen molar-refractivity contribution in [2.24, 2.45) is 0 Å². The molecule has 0 aromatic heterocycles. The quantitative estimate of drug-likeness (QED) is 0.147. The molecule has 6 N–H and O–H groups in total. The van der Waals surface area contributed by atoms with Crippen LogP contribution in [-0.4, -0.2) is 102 Å². The topological polar surface area (TPSA) is 1240 Å². The molecule has 0 aromatic carbocycles. The van der Waals surface area contributed by atoms with E-state index in [1.807, 2.05) is 0 Å².